The van der Waals surface area contributed by atoms with Crippen LogP contribution in [0, 0.1) is 6.92 Å². The van der Waals surface area contributed by atoms with Gasteiger partial charge in [-0.05, 0) is 41.8 Å². The lowest BCUT2D eigenvalue weighted by atomic mass is 9.94. The third kappa shape index (κ3) is 2.48. The van der Waals surface area contributed by atoms with Crippen molar-refractivity contribution >= 4 is 16.8 Å². The van der Waals surface area contributed by atoms with Crippen LogP contribution in [0.3, 0.4) is 0 Å². The van der Waals surface area contributed by atoms with E-state index in [9.17, 15) is 4.79 Å². The summed E-state index contributed by atoms with van der Waals surface area (Å²) in [5.74, 6) is -0.434. The van der Waals surface area contributed by atoms with Crippen molar-refractivity contribution in [2.75, 3.05) is 0 Å². The van der Waals surface area contributed by atoms with Crippen LogP contribution in [0.2, 0.25) is 0 Å². The highest BCUT2D eigenvalue weighted by molar-refractivity contribution is 6.01. The summed E-state index contributed by atoms with van der Waals surface area (Å²) in [5, 5.41) is 9.72. The predicted octanol–water partition coefficient (Wildman–Crippen LogP) is 2.83. The minimum Gasteiger partial charge on any atom is -0.366 e. The number of hydrogen-bond acceptors (Lipinski definition) is 3. The van der Waals surface area contributed by atoms with Crippen LogP contribution in [0.4, 0.5) is 0 Å². The van der Waals surface area contributed by atoms with Crippen molar-refractivity contribution in [1.29, 1.82) is 0 Å². The summed E-state index contributed by atoms with van der Waals surface area (Å²) in [6, 6.07) is 11.5. The average molecular weight is 331 g/mol. The lowest BCUT2D eigenvalue weighted by molar-refractivity contribution is 0.100. The maximum absolute atomic E-state index is 11.8. The first-order valence-corrected chi connectivity index (χ1v) is 7.91. The fraction of sp³-hybridized carbons (Fsp3) is 0.105. The average Bonchev–Trinajstić information content (AvgIpc) is 3.19. The van der Waals surface area contributed by atoms with Gasteiger partial charge in [-0.2, -0.15) is 10.2 Å². The van der Waals surface area contributed by atoms with Crippen molar-refractivity contribution in [2.45, 2.75) is 6.92 Å². The number of hydrogen-bond donors (Lipinski definition) is 1. The van der Waals surface area contributed by atoms with E-state index in [2.05, 4.69) is 16.3 Å². The first-order chi connectivity index (χ1) is 12.0. The zero-order chi connectivity index (χ0) is 17.6. The highest BCUT2D eigenvalue weighted by Crippen LogP contribution is 2.31. The fourth-order valence-electron chi connectivity index (χ4n) is 3.13. The van der Waals surface area contributed by atoms with Gasteiger partial charge in [0.25, 0.3) is 0 Å². The maximum Gasteiger partial charge on any atom is 0.249 e. The topological polar surface area (TPSA) is 78.7 Å². The van der Waals surface area contributed by atoms with Crippen LogP contribution >= 0.6 is 0 Å². The summed E-state index contributed by atoms with van der Waals surface area (Å²) < 4.78 is 3.58. The third-order valence-corrected chi connectivity index (χ3v) is 4.33. The standard InChI is InChI=1S/C19H17N5O/c1-12-7-13-9-22-24(14-10-21-23(2)11-14)18(13)8-17(12)15-5-3-4-6-16(15)19(20)25/h3-11H,1-2H3,(H2,20,25). The molecule has 0 aliphatic carbocycles. The molecule has 0 aliphatic rings. The van der Waals surface area contributed by atoms with Gasteiger partial charge in [0.15, 0.2) is 0 Å². The van der Waals surface area contributed by atoms with E-state index in [4.69, 9.17) is 5.73 Å². The van der Waals surface area contributed by atoms with E-state index in [-0.39, 0.29) is 0 Å². The number of carbonyl (C=O) groups is 1. The summed E-state index contributed by atoms with van der Waals surface area (Å²) in [6.45, 7) is 2.02. The van der Waals surface area contributed by atoms with Gasteiger partial charge in [-0.3, -0.25) is 9.48 Å². The molecule has 0 bridgehead atoms. The molecular weight excluding hydrogens is 314 g/mol. The summed E-state index contributed by atoms with van der Waals surface area (Å²) in [6.07, 6.45) is 5.51. The molecule has 4 rings (SSSR count). The van der Waals surface area contributed by atoms with Crippen molar-refractivity contribution in [1.82, 2.24) is 19.6 Å². The molecule has 0 fully saturated rings. The molecule has 0 unspecified atom stereocenters. The van der Waals surface area contributed by atoms with Gasteiger partial charge in [0, 0.05) is 18.0 Å². The van der Waals surface area contributed by atoms with Crippen LogP contribution in [0.15, 0.2) is 55.0 Å². The molecule has 2 aromatic carbocycles. The molecule has 2 aromatic heterocycles. The van der Waals surface area contributed by atoms with E-state index in [1.54, 1.807) is 16.9 Å². The predicted molar refractivity (Wildman–Crippen MR) is 96.5 cm³/mol. The Balaban J connectivity index is 1.97. The summed E-state index contributed by atoms with van der Waals surface area (Å²) in [5.41, 5.74) is 10.8. The van der Waals surface area contributed by atoms with E-state index < -0.39 is 5.91 Å². The largest absolute Gasteiger partial charge is 0.366 e. The number of fused-ring (bicyclic) bond motifs is 1. The van der Waals surface area contributed by atoms with Gasteiger partial charge < -0.3 is 5.73 Å². The van der Waals surface area contributed by atoms with Gasteiger partial charge in [0.2, 0.25) is 5.91 Å². The lowest BCUT2D eigenvalue weighted by Crippen LogP contribution is -2.12. The second-order valence-electron chi connectivity index (χ2n) is 6.06. The van der Waals surface area contributed by atoms with Crippen LogP contribution < -0.4 is 5.73 Å². The highest BCUT2D eigenvalue weighted by Gasteiger charge is 2.14. The Labute approximate surface area is 144 Å². The molecule has 2 heterocycles. The highest BCUT2D eigenvalue weighted by atomic mass is 16.1. The zero-order valence-electron chi connectivity index (χ0n) is 14.0. The molecule has 25 heavy (non-hydrogen) atoms. The SMILES string of the molecule is Cc1cc2cnn(-c3cnn(C)c3)c2cc1-c1ccccc1C(N)=O. The lowest BCUT2D eigenvalue weighted by Gasteiger charge is -2.11. The fourth-order valence-corrected chi connectivity index (χ4v) is 3.13. The van der Waals surface area contributed by atoms with Crippen molar-refractivity contribution in [3.8, 4) is 16.8 Å². The number of benzene rings is 2. The third-order valence-electron chi connectivity index (χ3n) is 4.33. The molecule has 0 saturated carbocycles. The Morgan fingerprint density at radius 2 is 1.88 bits per heavy atom. The van der Waals surface area contributed by atoms with E-state index >= 15 is 0 Å². The van der Waals surface area contributed by atoms with E-state index in [1.807, 2.05) is 55.3 Å². The summed E-state index contributed by atoms with van der Waals surface area (Å²) in [4.78, 5) is 11.8. The van der Waals surface area contributed by atoms with E-state index in [0.29, 0.717) is 5.56 Å². The number of carbonyl (C=O) groups excluding carboxylic acids is 1. The number of nitrogens with two attached hydrogens (primary N) is 1. The number of amides is 1. The molecule has 0 radical (unpaired) electrons. The Morgan fingerprint density at radius 1 is 1.08 bits per heavy atom. The maximum atomic E-state index is 11.8. The molecule has 124 valence electrons. The molecule has 4 aromatic rings. The molecule has 0 saturated heterocycles. The molecule has 6 heteroatoms. The molecule has 0 atom stereocenters. The van der Waals surface area contributed by atoms with Crippen LogP contribution in [0.5, 0.6) is 0 Å². The van der Waals surface area contributed by atoms with Gasteiger partial charge in [0.05, 0.1) is 24.1 Å². The summed E-state index contributed by atoms with van der Waals surface area (Å²) in [7, 11) is 1.87. The zero-order valence-corrected chi connectivity index (χ0v) is 14.0. The first-order valence-electron chi connectivity index (χ1n) is 7.91. The van der Waals surface area contributed by atoms with Crippen LogP contribution in [0.1, 0.15) is 15.9 Å². The molecular formula is C19H17N5O. The summed E-state index contributed by atoms with van der Waals surface area (Å²) >= 11 is 0. The van der Waals surface area contributed by atoms with Gasteiger partial charge >= 0.3 is 0 Å². The molecule has 1 amide bonds. The van der Waals surface area contributed by atoms with Crippen LogP contribution in [-0.2, 0) is 7.05 Å². The molecule has 2 N–H and O–H groups in total. The van der Waals surface area contributed by atoms with E-state index in [0.717, 1.165) is 33.3 Å². The normalized spacial score (nSPS) is 11.1. The van der Waals surface area contributed by atoms with Gasteiger partial charge in [0.1, 0.15) is 5.69 Å². The minimum absolute atomic E-state index is 0.434. The smallest absolute Gasteiger partial charge is 0.249 e. The van der Waals surface area contributed by atoms with Crippen LogP contribution in [0.25, 0.3) is 27.7 Å². The Hall–Kier alpha value is -3.41. The Morgan fingerprint density at radius 3 is 2.60 bits per heavy atom. The number of nitrogens with zero attached hydrogens (tertiary/aromatic N) is 4. The molecule has 0 aliphatic heterocycles. The second-order valence-corrected chi connectivity index (χ2v) is 6.06. The number of aromatic nitrogens is 4. The van der Waals surface area contributed by atoms with Crippen molar-refractivity contribution in [2.24, 2.45) is 12.8 Å². The Bertz CT molecular complexity index is 1110. The molecule has 6 nitrogen and oxygen atoms in total. The van der Waals surface area contributed by atoms with E-state index in [1.165, 1.54) is 0 Å². The minimum atomic E-state index is -0.434. The number of aryl methyl sites for hydroxylation is 2. The van der Waals surface area contributed by atoms with Gasteiger partial charge in [-0.1, -0.05) is 18.2 Å². The quantitative estimate of drug-likeness (QED) is 0.627. The first kappa shape index (κ1) is 15.1. The number of primary amides is 1. The van der Waals surface area contributed by atoms with Gasteiger partial charge in [-0.15, -0.1) is 0 Å². The number of rotatable bonds is 3. The monoisotopic (exact) mass is 331 g/mol. The van der Waals surface area contributed by atoms with Crippen molar-refractivity contribution < 1.29 is 4.79 Å². The second kappa shape index (κ2) is 5.59. The van der Waals surface area contributed by atoms with Crippen molar-refractivity contribution in [3.05, 3.63) is 66.1 Å². The Kier molecular flexibility index (Phi) is 3.39. The van der Waals surface area contributed by atoms with Gasteiger partial charge in [-0.25, -0.2) is 4.68 Å². The van der Waals surface area contributed by atoms with Crippen molar-refractivity contribution in [3.63, 3.8) is 0 Å². The molecule has 0 spiro atoms. The van der Waals surface area contributed by atoms with Crippen LogP contribution in [-0.4, -0.2) is 25.5 Å².